The molecule has 64 valence electrons. The third kappa shape index (κ3) is 3.04. The molecule has 0 amide bonds. The summed E-state index contributed by atoms with van der Waals surface area (Å²) >= 11 is 0. The molecule has 0 aromatic heterocycles. The molecule has 0 radical (unpaired) electrons. The second kappa shape index (κ2) is 2.96. The molecule has 1 rings (SSSR count). The molecule has 0 aromatic rings. The van der Waals surface area contributed by atoms with Crippen LogP contribution >= 0.6 is 0 Å². The van der Waals surface area contributed by atoms with Crippen molar-refractivity contribution in [1.29, 1.82) is 0 Å². The van der Waals surface area contributed by atoms with E-state index in [2.05, 4.69) is 38.9 Å². The highest BCUT2D eigenvalue weighted by molar-refractivity contribution is 5.61. The summed E-state index contributed by atoms with van der Waals surface area (Å²) in [6.07, 6.45) is 4.76. The van der Waals surface area contributed by atoms with Crippen LogP contribution in [0, 0.1) is 11.3 Å². The number of hydrogen-bond donors (Lipinski definition) is 0. The normalized spacial score (nSPS) is 22.5. The van der Waals surface area contributed by atoms with Crippen molar-refractivity contribution < 1.29 is 0 Å². The Kier molecular flexibility index (Phi) is 2.36. The zero-order valence-electron chi connectivity index (χ0n) is 8.09. The van der Waals surface area contributed by atoms with Gasteiger partial charge in [0.05, 0.1) is 0 Å². The first-order valence-electron chi connectivity index (χ1n) is 4.53. The molecule has 1 saturated carbocycles. The molecule has 1 nitrogen and oxygen atoms in total. The van der Waals surface area contributed by atoms with Crippen LogP contribution in [0.4, 0.5) is 0 Å². The maximum absolute atomic E-state index is 4.48. The van der Waals surface area contributed by atoms with Crippen LogP contribution in [0.1, 0.15) is 40.5 Å². The topological polar surface area (TPSA) is 12.4 Å². The van der Waals surface area contributed by atoms with E-state index in [-0.39, 0.29) is 0 Å². The van der Waals surface area contributed by atoms with Crippen molar-refractivity contribution in [3.8, 4) is 0 Å². The third-order valence-corrected chi connectivity index (χ3v) is 2.43. The lowest BCUT2D eigenvalue weighted by Gasteiger charge is -2.23. The Morgan fingerprint density at radius 2 is 1.91 bits per heavy atom. The van der Waals surface area contributed by atoms with Crippen molar-refractivity contribution >= 4 is 6.21 Å². The Hall–Kier alpha value is -0.330. The number of hydrogen-bond acceptors (Lipinski definition) is 1. The quantitative estimate of drug-likeness (QED) is 0.541. The van der Waals surface area contributed by atoms with E-state index in [4.69, 9.17) is 0 Å². The minimum Gasteiger partial charge on any atom is -0.294 e. The van der Waals surface area contributed by atoms with Gasteiger partial charge in [-0.1, -0.05) is 27.7 Å². The lowest BCUT2D eigenvalue weighted by molar-refractivity contribution is 0.338. The predicted molar refractivity (Wildman–Crippen MR) is 50.1 cm³/mol. The molecule has 0 saturated heterocycles. The molecule has 0 N–H and O–H groups in total. The van der Waals surface area contributed by atoms with Crippen molar-refractivity contribution in [3.05, 3.63) is 0 Å². The van der Waals surface area contributed by atoms with Crippen molar-refractivity contribution in [3.63, 3.8) is 0 Å². The van der Waals surface area contributed by atoms with E-state index in [1.807, 2.05) is 0 Å². The van der Waals surface area contributed by atoms with Gasteiger partial charge in [-0.15, -0.1) is 0 Å². The fourth-order valence-corrected chi connectivity index (χ4v) is 0.698. The van der Waals surface area contributed by atoms with E-state index < -0.39 is 0 Å². The Labute approximate surface area is 69.9 Å². The van der Waals surface area contributed by atoms with Gasteiger partial charge in [0.25, 0.3) is 0 Å². The number of rotatable bonds is 2. The number of nitrogens with zero attached hydrogens (tertiary/aromatic N) is 1. The Morgan fingerprint density at radius 1 is 1.36 bits per heavy atom. The maximum Gasteiger partial charge on any atom is 0.0497 e. The largest absolute Gasteiger partial charge is 0.294 e. The van der Waals surface area contributed by atoms with Gasteiger partial charge in [0, 0.05) is 12.3 Å². The average Bonchev–Trinajstić information content (AvgIpc) is 2.62. The first-order chi connectivity index (χ1) is 5.00. The van der Waals surface area contributed by atoms with Gasteiger partial charge in [0.15, 0.2) is 0 Å². The molecular weight excluding hydrogens is 134 g/mol. The van der Waals surface area contributed by atoms with Crippen LogP contribution in [0.25, 0.3) is 0 Å². The highest BCUT2D eigenvalue weighted by atomic mass is 14.8. The highest BCUT2D eigenvalue weighted by Crippen LogP contribution is 2.27. The van der Waals surface area contributed by atoms with Gasteiger partial charge < -0.3 is 0 Å². The molecule has 0 spiro atoms. The molecule has 1 heteroatoms. The predicted octanol–water partition coefficient (Wildman–Crippen LogP) is 2.90. The van der Waals surface area contributed by atoms with Gasteiger partial charge in [-0.25, -0.2) is 0 Å². The van der Waals surface area contributed by atoms with Crippen molar-refractivity contribution in [1.82, 2.24) is 0 Å². The monoisotopic (exact) mass is 153 g/mol. The summed E-state index contributed by atoms with van der Waals surface area (Å²) in [7, 11) is 0. The lowest BCUT2D eigenvalue weighted by Crippen LogP contribution is -2.18. The molecule has 11 heavy (non-hydrogen) atoms. The van der Waals surface area contributed by atoms with E-state index in [9.17, 15) is 0 Å². The minimum atomic E-state index is 0.373. The van der Waals surface area contributed by atoms with Gasteiger partial charge >= 0.3 is 0 Å². The molecule has 1 fully saturated rings. The number of aliphatic imine (C=N–C) groups is 1. The fraction of sp³-hybridized carbons (Fsp3) is 0.900. The van der Waals surface area contributed by atoms with Crippen LogP contribution in [0.3, 0.4) is 0 Å². The van der Waals surface area contributed by atoms with Crippen LogP contribution in [0.2, 0.25) is 0 Å². The minimum absolute atomic E-state index is 0.373. The summed E-state index contributed by atoms with van der Waals surface area (Å²) in [5, 5.41) is 0. The summed E-state index contributed by atoms with van der Waals surface area (Å²) in [5.74, 6) is 0.600. The van der Waals surface area contributed by atoms with Gasteiger partial charge in [-0.2, -0.15) is 0 Å². The van der Waals surface area contributed by atoms with E-state index >= 15 is 0 Å². The highest BCUT2D eigenvalue weighted by Gasteiger charge is 2.22. The summed E-state index contributed by atoms with van der Waals surface area (Å²) in [6, 6.07) is 0.680. The fourth-order valence-electron chi connectivity index (χ4n) is 0.698. The molecule has 0 aliphatic heterocycles. The third-order valence-electron chi connectivity index (χ3n) is 2.43. The summed E-state index contributed by atoms with van der Waals surface area (Å²) in [4.78, 5) is 4.48. The Bertz CT molecular complexity index is 149. The van der Waals surface area contributed by atoms with Crippen LogP contribution in [-0.4, -0.2) is 12.3 Å². The molecular formula is C10H19N. The van der Waals surface area contributed by atoms with Crippen LogP contribution in [-0.2, 0) is 0 Å². The zero-order chi connectivity index (χ0) is 8.48. The molecule has 1 aliphatic rings. The van der Waals surface area contributed by atoms with E-state index in [1.54, 1.807) is 0 Å². The SMILES string of the molecule is CC(C=NC1CC1)C(C)(C)C. The van der Waals surface area contributed by atoms with Crippen LogP contribution in [0.5, 0.6) is 0 Å². The zero-order valence-corrected chi connectivity index (χ0v) is 8.09. The molecule has 1 aliphatic carbocycles. The van der Waals surface area contributed by atoms with Crippen LogP contribution in [0.15, 0.2) is 4.99 Å². The summed E-state index contributed by atoms with van der Waals surface area (Å²) in [5.41, 5.74) is 0.373. The molecule has 0 aromatic carbocycles. The van der Waals surface area contributed by atoms with E-state index in [0.717, 1.165) is 0 Å². The van der Waals surface area contributed by atoms with Gasteiger partial charge in [0.1, 0.15) is 0 Å². The first-order valence-corrected chi connectivity index (χ1v) is 4.53. The van der Waals surface area contributed by atoms with Gasteiger partial charge in [0.2, 0.25) is 0 Å². The van der Waals surface area contributed by atoms with Gasteiger partial charge in [-0.3, -0.25) is 4.99 Å². The molecule has 1 atom stereocenters. The molecule has 0 bridgehead atoms. The summed E-state index contributed by atoms with van der Waals surface area (Å²) < 4.78 is 0. The second-order valence-corrected chi connectivity index (χ2v) is 4.68. The van der Waals surface area contributed by atoms with Crippen molar-refractivity contribution in [2.45, 2.75) is 46.6 Å². The van der Waals surface area contributed by atoms with E-state index in [1.165, 1.54) is 12.8 Å². The van der Waals surface area contributed by atoms with Crippen molar-refractivity contribution in [2.24, 2.45) is 16.3 Å². The summed E-state index contributed by atoms with van der Waals surface area (Å²) in [6.45, 7) is 9.02. The van der Waals surface area contributed by atoms with E-state index in [0.29, 0.717) is 17.4 Å². The van der Waals surface area contributed by atoms with Crippen molar-refractivity contribution in [2.75, 3.05) is 0 Å². The maximum atomic E-state index is 4.48. The van der Waals surface area contributed by atoms with Gasteiger partial charge in [-0.05, 0) is 24.2 Å². The molecule has 0 heterocycles. The standard InChI is InChI=1S/C10H19N/c1-8(10(2,3)4)7-11-9-5-6-9/h7-9H,5-6H2,1-4H3. The first kappa shape index (κ1) is 8.76. The Morgan fingerprint density at radius 3 is 2.27 bits per heavy atom. The average molecular weight is 153 g/mol. The van der Waals surface area contributed by atoms with Crippen LogP contribution < -0.4 is 0 Å². The smallest absolute Gasteiger partial charge is 0.0497 e. The molecule has 1 unspecified atom stereocenters. The Balaban J connectivity index is 2.34. The second-order valence-electron chi connectivity index (χ2n) is 4.68. The lowest BCUT2D eigenvalue weighted by atomic mass is 9.83.